The van der Waals surface area contributed by atoms with Crippen LogP contribution in [-0.4, -0.2) is 22.2 Å². The predicted octanol–water partition coefficient (Wildman–Crippen LogP) is 2.90. The molecular weight excluding hydrogens is 276 g/mol. The van der Waals surface area contributed by atoms with Crippen LogP contribution in [0.3, 0.4) is 0 Å². The number of anilines is 2. The average molecular weight is 298 g/mol. The smallest absolute Gasteiger partial charge is 0.228 e. The van der Waals surface area contributed by atoms with Gasteiger partial charge in [-0.1, -0.05) is 6.07 Å². The number of aryl methyl sites for hydroxylation is 2. The summed E-state index contributed by atoms with van der Waals surface area (Å²) in [6.07, 6.45) is 4.75. The molecule has 5 heteroatoms. The van der Waals surface area contributed by atoms with Gasteiger partial charge in [0.15, 0.2) is 0 Å². The van der Waals surface area contributed by atoms with E-state index in [-0.39, 0.29) is 11.8 Å². The monoisotopic (exact) mass is 298 g/mol. The Balaban J connectivity index is 1.68. The lowest BCUT2D eigenvalue weighted by molar-refractivity contribution is -0.117. The first-order chi connectivity index (χ1) is 10.6. The summed E-state index contributed by atoms with van der Waals surface area (Å²) in [6.45, 7) is 4.92. The fraction of sp³-hybridized carbons (Fsp3) is 0.412. The van der Waals surface area contributed by atoms with Gasteiger partial charge < -0.3 is 10.6 Å². The molecule has 22 heavy (non-hydrogen) atoms. The van der Waals surface area contributed by atoms with Gasteiger partial charge in [0.25, 0.3) is 0 Å². The number of carbonyl (C=O) groups is 1. The summed E-state index contributed by atoms with van der Waals surface area (Å²) in [5, 5.41) is 10.5. The second-order valence-electron chi connectivity index (χ2n) is 5.96. The van der Waals surface area contributed by atoms with Crippen molar-refractivity contribution in [1.29, 1.82) is 0 Å². The summed E-state index contributed by atoms with van der Waals surface area (Å²) < 4.78 is 1.78. The molecule has 1 aliphatic rings. The van der Waals surface area contributed by atoms with E-state index < -0.39 is 0 Å². The van der Waals surface area contributed by atoms with Gasteiger partial charge in [0, 0.05) is 25.7 Å². The third-order valence-electron chi connectivity index (χ3n) is 4.08. The first-order valence-corrected chi connectivity index (χ1v) is 7.72. The van der Waals surface area contributed by atoms with Crippen LogP contribution >= 0.6 is 0 Å². The highest BCUT2D eigenvalue weighted by atomic mass is 16.2. The molecule has 3 rings (SSSR count). The van der Waals surface area contributed by atoms with E-state index in [1.54, 1.807) is 4.68 Å². The van der Waals surface area contributed by atoms with Crippen molar-refractivity contribution in [3.05, 3.63) is 41.7 Å². The second kappa shape index (κ2) is 5.83. The van der Waals surface area contributed by atoms with Crippen molar-refractivity contribution in [1.82, 2.24) is 9.78 Å². The molecule has 116 valence electrons. The largest absolute Gasteiger partial charge is 0.384 e. The molecule has 2 aromatic rings. The van der Waals surface area contributed by atoms with Crippen LogP contribution in [-0.2, 0) is 11.8 Å². The Labute approximate surface area is 130 Å². The van der Waals surface area contributed by atoms with E-state index >= 15 is 0 Å². The van der Waals surface area contributed by atoms with Crippen molar-refractivity contribution in [3.8, 4) is 0 Å². The molecule has 1 saturated carbocycles. The summed E-state index contributed by atoms with van der Waals surface area (Å²) in [5.74, 6) is 0.457. The van der Waals surface area contributed by atoms with Gasteiger partial charge in [0.05, 0.1) is 17.6 Å². The Morgan fingerprint density at radius 1 is 1.41 bits per heavy atom. The van der Waals surface area contributed by atoms with Crippen molar-refractivity contribution in [2.24, 2.45) is 13.0 Å². The minimum Gasteiger partial charge on any atom is -0.384 e. The second-order valence-corrected chi connectivity index (χ2v) is 5.96. The quantitative estimate of drug-likeness (QED) is 0.892. The zero-order chi connectivity index (χ0) is 15.7. The fourth-order valence-electron chi connectivity index (χ4n) is 2.81. The van der Waals surface area contributed by atoms with Gasteiger partial charge in [-0.15, -0.1) is 0 Å². The number of hydrogen-bond acceptors (Lipinski definition) is 3. The van der Waals surface area contributed by atoms with E-state index in [0.717, 1.165) is 29.9 Å². The maximum atomic E-state index is 12.4. The Morgan fingerprint density at radius 2 is 2.23 bits per heavy atom. The minimum absolute atomic E-state index is 0.0555. The third kappa shape index (κ3) is 2.98. The summed E-state index contributed by atoms with van der Waals surface area (Å²) in [4.78, 5) is 12.4. The molecule has 2 N–H and O–H groups in total. The summed E-state index contributed by atoms with van der Waals surface area (Å²) >= 11 is 0. The predicted molar refractivity (Wildman–Crippen MR) is 88.0 cm³/mol. The number of nitrogens with one attached hydrogen (secondary N) is 2. The highest BCUT2D eigenvalue weighted by Crippen LogP contribution is 2.48. The van der Waals surface area contributed by atoms with Crippen molar-refractivity contribution < 1.29 is 4.79 Å². The summed E-state index contributed by atoms with van der Waals surface area (Å²) in [5.41, 5.74) is 4.16. The lowest BCUT2D eigenvalue weighted by Crippen LogP contribution is -2.16. The van der Waals surface area contributed by atoms with E-state index in [0.29, 0.717) is 5.92 Å². The number of nitrogens with zero attached hydrogens (tertiary/aromatic N) is 2. The van der Waals surface area contributed by atoms with Crippen LogP contribution in [0.5, 0.6) is 0 Å². The van der Waals surface area contributed by atoms with E-state index in [4.69, 9.17) is 0 Å². The van der Waals surface area contributed by atoms with E-state index in [2.05, 4.69) is 21.8 Å². The van der Waals surface area contributed by atoms with Crippen LogP contribution < -0.4 is 10.6 Å². The first-order valence-electron chi connectivity index (χ1n) is 7.72. The highest BCUT2D eigenvalue weighted by Gasteiger charge is 2.44. The molecule has 0 unspecified atom stereocenters. The van der Waals surface area contributed by atoms with Crippen molar-refractivity contribution in [2.75, 3.05) is 17.2 Å². The number of hydrogen-bond donors (Lipinski definition) is 2. The normalized spacial score (nSPS) is 19.8. The lowest BCUT2D eigenvalue weighted by Gasteiger charge is -2.13. The minimum atomic E-state index is 0.0555. The van der Waals surface area contributed by atoms with Crippen molar-refractivity contribution in [3.63, 3.8) is 0 Å². The van der Waals surface area contributed by atoms with Gasteiger partial charge in [-0.3, -0.25) is 9.48 Å². The van der Waals surface area contributed by atoms with Crippen LogP contribution in [0.25, 0.3) is 0 Å². The molecule has 1 amide bonds. The fourth-order valence-corrected chi connectivity index (χ4v) is 2.81. The first kappa shape index (κ1) is 14.6. The number of amides is 1. The maximum Gasteiger partial charge on any atom is 0.228 e. The highest BCUT2D eigenvalue weighted by molar-refractivity contribution is 5.98. The number of carbonyl (C=O) groups excluding carboxylic acids is 1. The van der Waals surface area contributed by atoms with Gasteiger partial charge in [0.1, 0.15) is 0 Å². The summed E-state index contributed by atoms with van der Waals surface area (Å²) in [6, 6.07) is 6.04. The molecule has 2 atom stereocenters. The Hall–Kier alpha value is -2.30. The Morgan fingerprint density at radius 3 is 2.91 bits per heavy atom. The van der Waals surface area contributed by atoms with Crippen LogP contribution in [0.15, 0.2) is 30.6 Å². The molecule has 1 fully saturated rings. The van der Waals surface area contributed by atoms with E-state index in [1.807, 2.05) is 45.4 Å². The molecule has 0 radical (unpaired) electrons. The number of benzene rings is 1. The van der Waals surface area contributed by atoms with Gasteiger partial charge in [-0.2, -0.15) is 5.10 Å². The molecule has 1 aliphatic carbocycles. The van der Waals surface area contributed by atoms with E-state index in [9.17, 15) is 4.79 Å². The molecule has 1 aromatic heterocycles. The van der Waals surface area contributed by atoms with Gasteiger partial charge in [0.2, 0.25) is 5.91 Å². The van der Waals surface area contributed by atoms with Crippen LogP contribution in [0.4, 0.5) is 11.4 Å². The Kier molecular flexibility index (Phi) is 3.88. The molecule has 0 bridgehead atoms. The van der Waals surface area contributed by atoms with Crippen LogP contribution in [0, 0.1) is 12.8 Å². The van der Waals surface area contributed by atoms with Crippen molar-refractivity contribution in [2.45, 2.75) is 26.2 Å². The van der Waals surface area contributed by atoms with Crippen molar-refractivity contribution >= 4 is 17.3 Å². The number of rotatable bonds is 5. The zero-order valence-corrected chi connectivity index (χ0v) is 13.3. The van der Waals surface area contributed by atoms with Gasteiger partial charge in [-0.05, 0) is 49.4 Å². The topological polar surface area (TPSA) is 58.9 Å². The molecule has 1 aromatic carbocycles. The molecular formula is C17H22N4O. The number of aromatic nitrogens is 2. The average Bonchev–Trinajstić information content (AvgIpc) is 3.17. The summed E-state index contributed by atoms with van der Waals surface area (Å²) in [7, 11) is 1.90. The van der Waals surface area contributed by atoms with E-state index in [1.165, 1.54) is 5.56 Å². The molecule has 0 saturated heterocycles. The third-order valence-corrected chi connectivity index (χ3v) is 4.08. The van der Waals surface area contributed by atoms with Crippen LogP contribution in [0.2, 0.25) is 0 Å². The molecule has 0 aliphatic heterocycles. The molecule has 5 nitrogen and oxygen atoms in total. The molecule has 0 spiro atoms. The van der Waals surface area contributed by atoms with Gasteiger partial charge in [-0.25, -0.2) is 0 Å². The SMILES string of the molecule is CCNc1cc(C)ccc1NC(=O)[C@@H]1C[C@H]1c1cnn(C)c1. The zero-order valence-electron chi connectivity index (χ0n) is 13.3. The lowest BCUT2D eigenvalue weighted by atomic mass is 10.1. The molecule has 1 heterocycles. The Bertz CT molecular complexity index is 692. The van der Waals surface area contributed by atoms with Crippen LogP contribution in [0.1, 0.15) is 30.4 Å². The standard InChI is InChI=1S/C17H22N4O/c1-4-18-16-7-11(2)5-6-15(16)20-17(22)14-8-13(14)12-9-19-21(3)10-12/h5-7,9-10,13-14,18H,4,8H2,1-3H3,(H,20,22)/t13-,14+/m0/s1. The maximum absolute atomic E-state index is 12.4. The van der Waals surface area contributed by atoms with Gasteiger partial charge >= 0.3 is 0 Å².